The Hall–Kier alpha value is -3.69. The van der Waals surface area contributed by atoms with Crippen molar-refractivity contribution in [3.05, 3.63) is 53.1 Å². The summed E-state index contributed by atoms with van der Waals surface area (Å²) < 4.78 is 0. The van der Waals surface area contributed by atoms with Crippen LogP contribution in [0.1, 0.15) is 68.7 Å². The number of H-pyrrole nitrogens is 1. The molecule has 2 rings (SSSR count). The van der Waals surface area contributed by atoms with Crippen molar-refractivity contribution in [3.63, 3.8) is 0 Å². The number of nitrogens with one attached hydrogen (secondary N) is 4. The number of hydrogen-bond acceptors (Lipinski definition) is 5. The van der Waals surface area contributed by atoms with E-state index in [0.29, 0.717) is 11.3 Å². The lowest BCUT2D eigenvalue weighted by Gasteiger charge is -2.26. The van der Waals surface area contributed by atoms with Gasteiger partial charge in [-0.3, -0.25) is 19.2 Å². The quantitative estimate of drug-likeness (QED) is 0.364. The molecule has 190 valence electrons. The van der Waals surface area contributed by atoms with Crippen LogP contribution in [-0.4, -0.2) is 57.9 Å². The third-order valence-electron chi connectivity index (χ3n) is 5.39. The molecule has 5 N–H and O–H groups in total. The van der Waals surface area contributed by atoms with E-state index in [0.717, 1.165) is 11.1 Å². The highest BCUT2D eigenvalue weighted by Crippen LogP contribution is 2.30. The van der Waals surface area contributed by atoms with Crippen molar-refractivity contribution < 1.29 is 24.3 Å². The molecule has 1 heterocycles. The molecule has 0 bridgehead atoms. The van der Waals surface area contributed by atoms with E-state index in [1.807, 2.05) is 12.1 Å². The van der Waals surface area contributed by atoms with Crippen LogP contribution in [0.5, 0.6) is 0 Å². The van der Waals surface area contributed by atoms with Crippen LogP contribution in [0, 0.1) is 0 Å². The number of aromatic nitrogens is 2. The highest BCUT2D eigenvalue weighted by atomic mass is 16.4. The maximum absolute atomic E-state index is 13.3. The Morgan fingerprint density at radius 3 is 2.03 bits per heavy atom. The van der Waals surface area contributed by atoms with Gasteiger partial charge in [-0.05, 0) is 34.1 Å². The smallest absolute Gasteiger partial charge is 0.322 e. The number of rotatable bonds is 9. The van der Waals surface area contributed by atoms with Crippen LogP contribution in [-0.2, 0) is 31.6 Å². The molecule has 2 aromatic rings. The van der Waals surface area contributed by atoms with Crippen molar-refractivity contribution in [2.24, 2.45) is 0 Å². The lowest BCUT2D eigenvalue weighted by molar-refractivity contribution is -0.137. The van der Waals surface area contributed by atoms with Gasteiger partial charge in [-0.1, -0.05) is 47.6 Å². The Balaban J connectivity index is 2.26. The molecule has 0 fully saturated rings. The summed E-state index contributed by atoms with van der Waals surface area (Å²) >= 11 is 0. The van der Waals surface area contributed by atoms with Gasteiger partial charge < -0.3 is 26.0 Å². The van der Waals surface area contributed by atoms with Gasteiger partial charge in [0.1, 0.15) is 12.6 Å². The molecule has 35 heavy (non-hydrogen) atoms. The van der Waals surface area contributed by atoms with E-state index in [1.54, 1.807) is 6.20 Å². The molecular formula is C25H35N5O5. The van der Waals surface area contributed by atoms with E-state index in [-0.39, 0.29) is 17.3 Å². The zero-order valence-electron chi connectivity index (χ0n) is 21.1. The van der Waals surface area contributed by atoms with E-state index in [1.165, 1.54) is 6.33 Å². The van der Waals surface area contributed by atoms with E-state index in [4.69, 9.17) is 5.11 Å². The van der Waals surface area contributed by atoms with Gasteiger partial charge in [0.25, 0.3) is 5.91 Å². The minimum absolute atomic E-state index is 0.124. The molecule has 0 aliphatic heterocycles. The summed E-state index contributed by atoms with van der Waals surface area (Å²) in [5.41, 5.74) is 2.68. The topological polar surface area (TPSA) is 153 Å². The van der Waals surface area contributed by atoms with Gasteiger partial charge in [-0.2, -0.15) is 0 Å². The van der Waals surface area contributed by atoms with Crippen molar-refractivity contribution in [1.82, 2.24) is 25.9 Å². The van der Waals surface area contributed by atoms with Gasteiger partial charge in [0, 0.05) is 23.9 Å². The number of carboxylic acid groups (broad SMARTS) is 1. The standard InChI is InChI=1S/C25H35N5O5/c1-24(2,3)16-7-15(8-17(9-16)25(4,5)6)22(34)30-19(10-18-11-26-14-29-18)23(35)28-12-20(31)27-13-21(32)33/h7-9,11,14,19H,10,12-13H2,1-6H3,(H,26,29)(H,27,31)(H,28,35)(H,30,34)(H,32,33). The molecule has 0 spiro atoms. The minimum Gasteiger partial charge on any atom is -0.480 e. The summed E-state index contributed by atoms with van der Waals surface area (Å²) in [6, 6.07) is 4.76. The molecule has 0 aliphatic carbocycles. The average molecular weight is 486 g/mol. The van der Waals surface area contributed by atoms with Crippen LogP contribution >= 0.6 is 0 Å². The first-order valence-corrected chi connectivity index (χ1v) is 11.4. The molecular weight excluding hydrogens is 450 g/mol. The van der Waals surface area contributed by atoms with Crippen molar-refractivity contribution >= 4 is 23.7 Å². The third-order valence-corrected chi connectivity index (χ3v) is 5.39. The van der Waals surface area contributed by atoms with Crippen LogP contribution in [0.25, 0.3) is 0 Å². The number of imidazole rings is 1. The largest absolute Gasteiger partial charge is 0.480 e. The highest BCUT2D eigenvalue weighted by Gasteiger charge is 2.26. The number of aliphatic carboxylic acids is 1. The molecule has 0 saturated heterocycles. The molecule has 0 saturated carbocycles. The van der Waals surface area contributed by atoms with Crippen LogP contribution in [0.2, 0.25) is 0 Å². The van der Waals surface area contributed by atoms with Crippen molar-refractivity contribution in [2.75, 3.05) is 13.1 Å². The van der Waals surface area contributed by atoms with Gasteiger partial charge >= 0.3 is 5.97 Å². The summed E-state index contributed by atoms with van der Waals surface area (Å²) in [7, 11) is 0. The van der Waals surface area contributed by atoms with E-state index in [9.17, 15) is 19.2 Å². The first kappa shape index (κ1) is 27.6. The van der Waals surface area contributed by atoms with Gasteiger partial charge in [0.15, 0.2) is 0 Å². The zero-order valence-corrected chi connectivity index (χ0v) is 21.1. The fraction of sp³-hybridized carbons (Fsp3) is 0.480. The molecule has 10 heteroatoms. The average Bonchev–Trinajstić information content (AvgIpc) is 3.27. The van der Waals surface area contributed by atoms with E-state index < -0.39 is 42.8 Å². The van der Waals surface area contributed by atoms with Crippen molar-refractivity contribution in [1.29, 1.82) is 0 Å². The fourth-order valence-electron chi connectivity index (χ4n) is 3.22. The van der Waals surface area contributed by atoms with Crippen LogP contribution in [0.3, 0.4) is 0 Å². The normalized spacial score (nSPS) is 12.5. The number of carbonyl (C=O) groups excluding carboxylic acids is 3. The molecule has 1 atom stereocenters. The molecule has 10 nitrogen and oxygen atoms in total. The Morgan fingerprint density at radius 1 is 0.943 bits per heavy atom. The van der Waals surface area contributed by atoms with Crippen LogP contribution in [0.15, 0.2) is 30.7 Å². The summed E-state index contributed by atoms with van der Waals surface area (Å²) in [5, 5.41) is 16.1. The maximum atomic E-state index is 13.3. The summed E-state index contributed by atoms with van der Waals surface area (Å²) in [5.74, 6) is -2.85. The predicted octanol–water partition coefficient (Wildman–Crippen LogP) is 1.66. The Morgan fingerprint density at radius 2 is 1.54 bits per heavy atom. The fourth-order valence-corrected chi connectivity index (χ4v) is 3.22. The van der Waals surface area contributed by atoms with E-state index >= 15 is 0 Å². The molecule has 0 aliphatic rings. The first-order chi connectivity index (χ1) is 16.2. The van der Waals surface area contributed by atoms with Crippen molar-refractivity contribution in [3.8, 4) is 0 Å². The summed E-state index contributed by atoms with van der Waals surface area (Å²) in [6.45, 7) is 11.4. The number of amides is 3. The van der Waals surface area contributed by atoms with Crippen LogP contribution < -0.4 is 16.0 Å². The minimum atomic E-state index is -1.19. The third kappa shape index (κ3) is 8.55. The second-order valence-corrected chi connectivity index (χ2v) is 10.5. The Bertz CT molecular complexity index is 1030. The second kappa shape index (κ2) is 11.2. The zero-order chi connectivity index (χ0) is 26.4. The Kier molecular flexibility index (Phi) is 8.78. The van der Waals surface area contributed by atoms with Gasteiger partial charge in [-0.25, -0.2) is 4.98 Å². The second-order valence-electron chi connectivity index (χ2n) is 10.5. The monoisotopic (exact) mass is 485 g/mol. The van der Waals surface area contributed by atoms with Crippen LogP contribution in [0.4, 0.5) is 0 Å². The predicted molar refractivity (Wildman–Crippen MR) is 131 cm³/mol. The summed E-state index contributed by atoms with van der Waals surface area (Å²) in [4.78, 5) is 55.4. The van der Waals surface area contributed by atoms with Gasteiger partial charge in [0.2, 0.25) is 11.8 Å². The number of benzene rings is 1. The Labute approximate surface area is 205 Å². The number of aromatic amines is 1. The SMILES string of the molecule is CC(C)(C)c1cc(C(=O)NC(Cc2cnc[nH]2)C(=O)NCC(=O)NCC(=O)O)cc(C(C)(C)C)c1. The number of carboxylic acids is 1. The van der Waals surface area contributed by atoms with Crippen molar-refractivity contribution in [2.45, 2.75) is 64.8 Å². The molecule has 1 unspecified atom stereocenters. The van der Waals surface area contributed by atoms with Gasteiger partial charge in [0.05, 0.1) is 12.9 Å². The molecule has 0 radical (unpaired) electrons. The lowest BCUT2D eigenvalue weighted by Crippen LogP contribution is -2.50. The molecule has 3 amide bonds. The number of carbonyl (C=O) groups is 4. The molecule has 1 aromatic heterocycles. The maximum Gasteiger partial charge on any atom is 0.322 e. The molecule has 1 aromatic carbocycles. The van der Waals surface area contributed by atoms with E-state index in [2.05, 4.69) is 73.5 Å². The highest BCUT2D eigenvalue weighted by molar-refractivity contribution is 5.98. The number of nitrogens with zero attached hydrogens (tertiary/aromatic N) is 1. The number of hydrogen-bond donors (Lipinski definition) is 5. The first-order valence-electron chi connectivity index (χ1n) is 11.4. The van der Waals surface area contributed by atoms with Gasteiger partial charge in [-0.15, -0.1) is 0 Å². The lowest BCUT2D eigenvalue weighted by atomic mass is 9.79. The summed E-state index contributed by atoms with van der Waals surface area (Å²) in [6.07, 6.45) is 3.14.